The van der Waals surface area contributed by atoms with Crippen LogP contribution < -0.4 is 10.1 Å². The Kier molecular flexibility index (Phi) is 7.24. The number of anilines is 1. The zero-order valence-corrected chi connectivity index (χ0v) is 19.4. The molecule has 1 N–H and O–H groups in total. The van der Waals surface area contributed by atoms with E-state index in [-0.39, 0.29) is 17.2 Å². The first kappa shape index (κ1) is 22.4. The Balaban J connectivity index is 1.79. The molecule has 3 aromatic rings. The van der Waals surface area contributed by atoms with E-state index in [2.05, 4.69) is 10.3 Å². The van der Waals surface area contributed by atoms with Gasteiger partial charge in [0.05, 0.1) is 29.8 Å². The molecule has 0 bridgehead atoms. The zero-order chi connectivity index (χ0) is 21.7. The van der Waals surface area contributed by atoms with Crippen molar-refractivity contribution in [1.29, 1.82) is 0 Å². The van der Waals surface area contributed by atoms with E-state index in [0.717, 1.165) is 10.6 Å². The summed E-state index contributed by atoms with van der Waals surface area (Å²) in [7, 11) is -2.18. The van der Waals surface area contributed by atoms with Crippen molar-refractivity contribution in [3.05, 3.63) is 46.1 Å². The average molecular weight is 466 g/mol. The Bertz CT molecular complexity index is 1100. The van der Waals surface area contributed by atoms with Gasteiger partial charge in [-0.25, -0.2) is 13.4 Å². The predicted octanol–water partition coefficient (Wildman–Crippen LogP) is 4.09. The first-order valence-corrected chi connectivity index (χ1v) is 12.6. The minimum Gasteiger partial charge on any atom is -0.495 e. The molecule has 2 aromatic heterocycles. The third-order valence-corrected chi connectivity index (χ3v) is 8.12. The number of amides is 1. The molecule has 160 valence electrons. The van der Waals surface area contributed by atoms with Gasteiger partial charge in [-0.3, -0.25) is 4.79 Å². The Labute approximate surface area is 184 Å². The van der Waals surface area contributed by atoms with Crippen LogP contribution in [0.15, 0.2) is 45.3 Å². The number of hydrogen-bond acceptors (Lipinski definition) is 7. The van der Waals surface area contributed by atoms with Crippen LogP contribution in [0.5, 0.6) is 5.75 Å². The Morgan fingerprint density at radius 1 is 1.20 bits per heavy atom. The fourth-order valence-corrected chi connectivity index (χ4v) is 5.94. The topological polar surface area (TPSA) is 88.6 Å². The predicted molar refractivity (Wildman–Crippen MR) is 121 cm³/mol. The lowest BCUT2D eigenvalue weighted by atomic mass is 10.2. The van der Waals surface area contributed by atoms with Crippen LogP contribution in [0.1, 0.15) is 19.5 Å². The number of benzene rings is 1. The first-order valence-electron chi connectivity index (χ1n) is 9.34. The Morgan fingerprint density at radius 2 is 1.97 bits per heavy atom. The smallest absolute Gasteiger partial charge is 0.243 e. The molecule has 0 spiro atoms. The molecule has 10 heteroatoms. The van der Waals surface area contributed by atoms with Crippen molar-refractivity contribution in [2.45, 2.75) is 25.2 Å². The number of ether oxygens (including phenoxy) is 1. The number of hydrogen-bond donors (Lipinski definition) is 1. The van der Waals surface area contributed by atoms with Crippen molar-refractivity contribution in [1.82, 2.24) is 9.29 Å². The van der Waals surface area contributed by atoms with Gasteiger partial charge < -0.3 is 10.1 Å². The maximum atomic E-state index is 12.8. The van der Waals surface area contributed by atoms with Crippen molar-refractivity contribution < 1.29 is 17.9 Å². The van der Waals surface area contributed by atoms with E-state index in [1.165, 1.54) is 34.9 Å². The molecule has 0 radical (unpaired) electrons. The minimum absolute atomic E-state index is 0.0802. The number of sulfonamides is 1. The highest BCUT2D eigenvalue weighted by molar-refractivity contribution is 7.89. The molecule has 0 aliphatic heterocycles. The Morgan fingerprint density at radius 3 is 2.60 bits per heavy atom. The van der Waals surface area contributed by atoms with Gasteiger partial charge in [0.25, 0.3) is 0 Å². The van der Waals surface area contributed by atoms with Gasteiger partial charge in [-0.2, -0.15) is 15.6 Å². The van der Waals surface area contributed by atoms with Crippen LogP contribution in [0.3, 0.4) is 0 Å². The molecule has 1 aromatic carbocycles. The molecular weight excluding hydrogens is 442 g/mol. The molecule has 0 aliphatic rings. The van der Waals surface area contributed by atoms with Gasteiger partial charge >= 0.3 is 0 Å². The molecule has 30 heavy (non-hydrogen) atoms. The van der Waals surface area contributed by atoms with Gasteiger partial charge in [-0.05, 0) is 29.6 Å². The highest BCUT2D eigenvalue weighted by Crippen LogP contribution is 2.30. The molecule has 0 aliphatic carbocycles. The summed E-state index contributed by atoms with van der Waals surface area (Å²) in [5.41, 5.74) is 2.00. The number of nitrogens with one attached hydrogen (secondary N) is 1. The maximum absolute atomic E-state index is 12.8. The number of aromatic nitrogens is 1. The Hall–Kier alpha value is -2.27. The van der Waals surface area contributed by atoms with Gasteiger partial charge in [0.2, 0.25) is 15.9 Å². The SMILES string of the molecule is CCN(CC)S(=O)(=O)c1ccc(OC)c(NC(=O)Cc2csc(-c3ccsc3)n2)c1. The van der Waals surface area contributed by atoms with Crippen molar-refractivity contribution in [2.75, 3.05) is 25.5 Å². The molecule has 1 amide bonds. The lowest BCUT2D eigenvalue weighted by molar-refractivity contribution is -0.115. The number of nitrogens with zero attached hydrogens (tertiary/aromatic N) is 2. The summed E-state index contributed by atoms with van der Waals surface area (Å²) >= 11 is 3.08. The van der Waals surface area contributed by atoms with Crippen LogP contribution in [0.4, 0.5) is 5.69 Å². The molecule has 0 saturated heterocycles. The summed E-state index contributed by atoms with van der Waals surface area (Å²) in [5.74, 6) is 0.0898. The third kappa shape index (κ3) is 4.89. The minimum atomic E-state index is -3.65. The lowest BCUT2D eigenvalue weighted by Gasteiger charge is -2.19. The highest BCUT2D eigenvalue weighted by Gasteiger charge is 2.23. The molecular formula is C20H23N3O4S3. The third-order valence-electron chi connectivity index (χ3n) is 4.45. The van der Waals surface area contributed by atoms with E-state index in [0.29, 0.717) is 30.2 Å². The van der Waals surface area contributed by atoms with Crippen molar-refractivity contribution in [3.63, 3.8) is 0 Å². The summed E-state index contributed by atoms with van der Waals surface area (Å²) in [6, 6.07) is 6.45. The highest BCUT2D eigenvalue weighted by atomic mass is 32.2. The summed E-state index contributed by atoms with van der Waals surface area (Å²) in [4.78, 5) is 17.2. The van der Waals surface area contributed by atoms with E-state index < -0.39 is 10.0 Å². The van der Waals surface area contributed by atoms with Gasteiger partial charge in [-0.1, -0.05) is 13.8 Å². The van der Waals surface area contributed by atoms with Crippen LogP contribution in [-0.4, -0.2) is 43.8 Å². The maximum Gasteiger partial charge on any atom is 0.243 e. The van der Waals surface area contributed by atoms with E-state index in [9.17, 15) is 13.2 Å². The van der Waals surface area contributed by atoms with E-state index in [1.54, 1.807) is 31.3 Å². The molecule has 0 atom stereocenters. The summed E-state index contributed by atoms with van der Waals surface area (Å²) in [5, 5.41) is 9.47. The van der Waals surface area contributed by atoms with Gasteiger partial charge in [0.15, 0.2) is 0 Å². The van der Waals surface area contributed by atoms with Gasteiger partial charge in [0, 0.05) is 29.4 Å². The van der Waals surface area contributed by atoms with Crippen molar-refractivity contribution in [3.8, 4) is 16.3 Å². The van der Waals surface area contributed by atoms with E-state index in [1.807, 2.05) is 22.2 Å². The van der Waals surface area contributed by atoms with Gasteiger partial charge in [0.1, 0.15) is 10.8 Å². The summed E-state index contributed by atoms with van der Waals surface area (Å²) in [6.45, 7) is 4.29. The number of thiophene rings is 1. The van der Waals surface area contributed by atoms with Crippen LogP contribution in [0.25, 0.3) is 10.6 Å². The van der Waals surface area contributed by atoms with Crippen LogP contribution >= 0.6 is 22.7 Å². The quantitative estimate of drug-likeness (QED) is 0.514. The second-order valence-corrected chi connectivity index (χ2v) is 9.91. The van der Waals surface area contributed by atoms with Crippen LogP contribution in [-0.2, 0) is 21.2 Å². The first-order chi connectivity index (χ1) is 14.4. The summed E-state index contributed by atoms with van der Waals surface area (Å²) in [6.07, 6.45) is 0.0802. The van der Waals surface area contributed by atoms with Crippen molar-refractivity contribution in [2.24, 2.45) is 0 Å². The standard InChI is InChI=1S/C20H23N3O4S3/c1-4-23(5-2)30(25,26)16-6-7-18(27-3)17(11-16)22-19(24)10-15-13-29-20(21-15)14-8-9-28-12-14/h6-9,11-13H,4-5,10H2,1-3H3,(H,22,24). The number of methoxy groups -OCH3 is 1. The second-order valence-electron chi connectivity index (χ2n) is 6.33. The molecule has 3 rings (SSSR count). The summed E-state index contributed by atoms with van der Waals surface area (Å²) < 4.78 is 32.3. The fourth-order valence-electron chi connectivity index (χ4n) is 2.92. The van der Waals surface area contributed by atoms with E-state index in [4.69, 9.17) is 4.74 Å². The molecule has 2 heterocycles. The second kappa shape index (κ2) is 9.69. The van der Waals surface area contributed by atoms with Crippen molar-refractivity contribution >= 4 is 44.3 Å². The number of carbonyl (C=O) groups excluding carboxylic acids is 1. The van der Waals surface area contributed by atoms with Gasteiger partial charge in [-0.15, -0.1) is 11.3 Å². The number of carbonyl (C=O) groups is 1. The largest absolute Gasteiger partial charge is 0.495 e. The number of thiazole rings is 1. The average Bonchev–Trinajstić information content (AvgIpc) is 3.40. The molecule has 0 unspecified atom stereocenters. The lowest BCUT2D eigenvalue weighted by Crippen LogP contribution is -2.30. The normalized spacial score (nSPS) is 11.6. The molecule has 7 nitrogen and oxygen atoms in total. The monoisotopic (exact) mass is 465 g/mol. The molecule has 0 saturated carbocycles. The van der Waals surface area contributed by atoms with E-state index >= 15 is 0 Å². The zero-order valence-electron chi connectivity index (χ0n) is 16.9. The molecule has 0 fully saturated rings. The van der Waals surface area contributed by atoms with Crippen LogP contribution in [0, 0.1) is 0 Å². The fraction of sp³-hybridized carbons (Fsp3) is 0.300. The number of rotatable bonds is 9. The van der Waals surface area contributed by atoms with Crippen LogP contribution in [0.2, 0.25) is 0 Å².